The first-order chi connectivity index (χ1) is 20.0. The number of carbonyl (C=O) groups is 1. The molecule has 4 aromatic rings. The van der Waals surface area contributed by atoms with Gasteiger partial charge in [0.2, 0.25) is 5.95 Å². The zero-order valence-electron chi connectivity index (χ0n) is 22.6. The molecule has 1 aliphatic heterocycles. The number of alkyl halides is 3. The van der Waals surface area contributed by atoms with Crippen LogP contribution in [0.1, 0.15) is 11.1 Å². The number of hydrogen-bond acceptors (Lipinski definition) is 8. The van der Waals surface area contributed by atoms with E-state index in [-0.39, 0.29) is 12.1 Å². The van der Waals surface area contributed by atoms with E-state index in [1.807, 2.05) is 24.3 Å². The van der Waals surface area contributed by atoms with Crippen LogP contribution in [0.4, 0.5) is 19.1 Å². The molecule has 0 aliphatic carbocycles. The quantitative estimate of drug-likeness (QED) is 0.358. The van der Waals surface area contributed by atoms with E-state index in [1.165, 1.54) is 4.57 Å². The van der Waals surface area contributed by atoms with E-state index >= 15 is 0 Å². The Morgan fingerprint density at radius 3 is 2.36 bits per heavy atom. The number of benzene rings is 2. The molecule has 1 aliphatic rings. The Kier molecular flexibility index (Phi) is 8.67. The lowest BCUT2D eigenvalue weighted by atomic mass is 10.1. The first-order valence-corrected chi connectivity index (χ1v) is 12.6. The number of methoxy groups -OCH3 is 1. The molecule has 12 nitrogen and oxygen atoms in total. The highest BCUT2D eigenvalue weighted by molar-refractivity contribution is 5.79. The molecular weight excluding hydrogens is 559 g/mol. The van der Waals surface area contributed by atoms with Crippen molar-refractivity contribution in [3.05, 3.63) is 80.5 Å². The Balaban J connectivity index is 0.000000517. The molecule has 2 aromatic heterocycles. The summed E-state index contributed by atoms with van der Waals surface area (Å²) in [4.78, 5) is 43.0. The Morgan fingerprint density at radius 1 is 1.12 bits per heavy atom. The van der Waals surface area contributed by atoms with Crippen LogP contribution < -0.4 is 26.2 Å². The minimum atomic E-state index is -5.08. The average Bonchev–Trinajstić information content (AvgIpc) is 3.39. The molecule has 5 rings (SSSR count). The van der Waals surface area contributed by atoms with Gasteiger partial charge < -0.3 is 20.1 Å². The SMILES string of the molecule is COc1ccccc1-n1c(N2CCNCC2)nc2c1c(=O)n(Cc1ccccc1C#N)c(=O)n2C.O=C(O)C(F)(F)F. The number of halogens is 3. The lowest BCUT2D eigenvalue weighted by Gasteiger charge is -2.29. The number of fused-ring (bicyclic) bond motifs is 1. The van der Waals surface area contributed by atoms with Gasteiger partial charge in [0.05, 0.1) is 31.0 Å². The number of hydrogen-bond donors (Lipinski definition) is 2. The molecule has 42 heavy (non-hydrogen) atoms. The fraction of sp³-hybridized carbons (Fsp3) is 0.296. The van der Waals surface area contributed by atoms with E-state index in [0.29, 0.717) is 47.2 Å². The van der Waals surface area contributed by atoms with Gasteiger partial charge in [-0.2, -0.15) is 23.4 Å². The van der Waals surface area contributed by atoms with Gasteiger partial charge in [0.25, 0.3) is 5.56 Å². The smallest absolute Gasteiger partial charge is 0.490 e. The molecule has 0 saturated carbocycles. The lowest BCUT2D eigenvalue weighted by molar-refractivity contribution is -0.192. The Morgan fingerprint density at radius 2 is 1.74 bits per heavy atom. The Hall–Kier alpha value is -5.10. The van der Waals surface area contributed by atoms with Crippen LogP contribution in [0.15, 0.2) is 58.1 Å². The maximum atomic E-state index is 13.9. The van der Waals surface area contributed by atoms with Crippen molar-refractivity contribution in [3.63, 3.8) is 0 Å². The normalized spacial score (nSPS) is 13.3. The lowest BCUT2D eigenvalue weighted by Crippen LogP contribution is -2.44. The second-order valence-corrected chi connectivity index (χ2v) is 9.13. The number of rotatable bonds is 5. The molecule has 0 amide bonds. The number of aryl methyl sites for hydroxylation is 1. The van der Waals surface area contributed by atoms with Gasteiger partial charge in [-0.3, -0.25) is 18.5 Å². The van der Waals surface area contributed by atoms with Crippen LogP contribution in [-0.2, 0) is 18.4 Å². The summed E-state index contributed by atoms with van der Waals surface area (Å²) in [5.41, 5.74) is 1.28. The summed E-state index contributed by atoms with van der Waals surface area (Å²) >= 11 is 0. The van der Waals surface area contributed by atoms with Crippen LogP contribution in [-0.4, -0.2) is 69.2 Å². The maximum Gasteiger partial charge on any atom is 0.490 e. The molecule has 2 aromatic carbocycles. The number of nitrogens with one attached hydrogen (secondary N) is 1. The van der Waals surface area contributed by atoms with Crippen molar-refractivity contribution in [1.29, 1.82) is 5.26 Å². The van der Waals surface area contributed by atoms with Crippen molar-refractivity contribution in [2.75, 3.05) is 38.2 Å². The number of nitriles is 1. The number of carboxylic acids is 1. The van der Waals surface area contributed by atoms with Gasteiger partial charge in [-0.1, -0.05) is 30.3 Å². The van der Waals surface area contributed by atoms with Gasteiger partial charge in [0, 0.05) is 33.2 Å². The predicted octanol–water partition coefficient (Wildman–Crippen LogP) is 1.86. The largest absolute Gasteiger partial charge is 0.495 e. The predicted molar refractivity (Wildman–Crippen MR) is 146 cm³/mol. The second kappa shape index (κ2) is 12.2. The van der Waals surface area contributed by atoms with Gasteiger partial charge in [-0.25, -0.2) is 9.59 Å². The van der Waals surface area contributed by atoms with E-state index < -0.39 is 23.4 Å². The zero-order chi connectivity index (χ0) is 30.6. The van der Waals surface area contributed by atoms with Crippen molar-refractivity contribution < 1.29 is 27.8 Å². The van der Waals surface area contributed by atoms with Crippen molar-refractivity contribution in [2.45, 2.75) is 12.7 Å². The minimum absolute atomic E-state index is 0.0226. The van der Waals surface area contributed by atoms with Gasteiger partial charge in [-0.15, -0.1) is 0 Å². The molecule has 0 unspecified atom stereocenters. The number of aliphatic carboxylic acids is 1. The van der Waals surface area contributed by atoms with Crippen LogP contribution in [0.2, 0.25) is 0 Å². The van der Waals surface area contributed by atoms with Crippen LogP contribution in [0.3, 0.4) is 0 Å². The van der Waals surface area contributed by atoms with Gasteiger partial charge in [0.15, 0.2) is 11.2 Å². The van der Waals surface area contributed by atoms with E-state index in [0.717, 1.165) is 17.7 Å². The number of ether oxygens (including phenoxy) is 1. The molecule has 0 bridgehead atoms. The van der Waals surface area contributed by atoms with E-state index in [9.17, 15) is 28.0 Å². The highest BCUT2D eigenvalue weighted by atomic mass is 19.4. The molecule has 1 fully saturated rings. The molecule has 0 radical (unpaired) electrons. The Bertz CT molecular complexity index is 1780. The first-order valence-electron chi connectivity index (χ1n) is 12.6. The summed E-state index contributed by atoms with van der Waals surface area (Å²) in [7, 11) is 3.19. The number of aromatic nitrogens is 4. The number of nitrogens with zero attached hydrogens (tertiary/aromatic N) is 6. The summed E-state index contributed by atoms with van der Waals surface area (Å²) in [6.45, 7) is 2.95. The van der Waals surface area contributed by atoms with Gasteiger partial charge in [0.1, 0.15) is 5.75 Å². The molecule has 3 heterocycles. The van der Waals surface area contributed by atoms with Crippen molar-refractivity contribution in [3.8, 4) is 17.5 Å². The summed E-state index contributed by atoms with van der Waals surface area (Å²) in [5, 5.41) is 20.0. The summed E-state index contributed by atoms with van der Waals surface area (Å²) < 4.78 is 41.7. The molecular formula is C27H26F3N7O5. The third kappa shape index (κ3) is 5.84. The maximum absolute atomic E-state index is 13.9. The fourth-order valence-electron chi connectivity index (χ4n) is 4.51. The minimum Gasteiger partial charge on any atom is -0.495 e. The standard InChI is InChI=1S/C25H25N7O3.C2HF3O2/c1-29-22-21(23(33)31(25(29)34)16-18-8-4-3-7-17(18)15-26)32(19-9-5-6-10-20(19)35-2)24(28-22)30-13-11-27-12-14-30;3-2(4,5)1(6)7/h3-10,27H,11-14,16H2,1-2H3;(H,6,7). The van der Waals surface area contributed by atoms with Crippen LogP contribution in [0.25, 0.3) is 16.9 Å². The van der Waals surface area contributed by atoms with E-state index in [4.69, 9.17) is 19.6 Å². The molecule has 0 spiro atoms. The number of carboxylic acid groups (broad SMARTS) is 1. The van der Waals surface area contributed by atoms with Crippen LogP contribution in [0, 0.1) is 11.3 Å². The number of imidazole rings is 1. The highest BCUT2D eigenvalue weighted by Crippen LogP contribution is 2.30. The number of anilines is 1. The average molecular weight is 586 g/mol. The second-order valence-electron chi connectivity index (χ2n) is 9.13. The number of piperazine rings is 1. The summed E-state index contributed by atoms with van der Waals surface area (Å²) in [6.07, 6.45) is -5.08. The van der Waals surface area contributed by atoms with Crippen molar-refractivity contribution >= 4 is 23.1 Å². The number of para-hydroxylation sites is 2. The van der Waals surface area contributed by atoms with E-state index in [2.05, 4.69) is 16.3 Å². The van der Waals surface area contributed by atoms with E-state index in [1.54, 1.807) is 43.0 Å². The monoisotopic (exact) mass is 585 g/mol. The summed E-state index contributed by atoms with van der Waals surface area (Å²) in [5.74, 6) is -1.60. The third-order valence-corrected chi connectivity index (χ3v) is 6.56. The molecule has 2 N–H and O–H groups in total. The molecule has 15 heteroatoms. The topological polar surface area (TPSA) is 147 Å². The molecule has 220 valence electrons. The highest BCUT2D eigenvalue weighted by Gasteiger charge is 2.38. The third-order valence-electron chi connectivity index (χ3n) is 6.56. The molecule has 1 saturated heterocycles. The van der Waals surface area contributed by atoms with Gasteiger partial charge >= 0.3 is 17.8 Å². The summed E-state index contributed by atoms with van der Waals surface area (Å²) in [6, 6.07) is 16.5. The van der Waals surface area contributed by atoms with Crippen molar-refractivity contribution in [2.24, 2.45) is 7.05 Å². The fourth-order valence-corrected chi connectivity index (χ4v) is 4.51. The van der Waals surface area contributed by atoms with Gasteiger partial charge in [-0.05, 0) is 23.8 Å². The molecule has 0 atom stereocenters. The van der Waals surface area contributed by atoms with Crippen molar-refractivity contribution in [1.82, 2.24) is 24.0 Å². The Labute approximate surface area is 236 Å². The van der Waals surface area contributed by atoms with Crippen LogP contribution in [0.5, 0.6) is 5.75 Å². The van der Waals surface area contributed by atoms with Crippen LogP contribution >= 0.6 is 0 Å². The zero-order valence-corrected chi connectivity index (χ0v) is 22.6. The first kappa shape index (κ1) is 29.9.